The smallest absolute Gasteiger partial charge is 0.295 e. The van der Waals surface area contributed by atoms with Crippen molar-refractivity contribution in [2.75, 3.05) is 13.3 Å². The molecule has 7 heteroatoms. The van der Waals surface area contributed by atoms with Gasteiger partial charge in [-0.2, -0.15) is 5.10 Å². The number of aromatic amines is 1. The highest BCUT2D eigenvalue weighted by Gasteiger charge is 2.30. The molecule has 0 radical (unpaired) electrons. The van der Waals surface area contributed by atoms with E-state index < -0.39 is 11.7 Å². The molecule has 0 atom stereocenters. The second-order valence-electron chi connectivity index (χ2n) is 6.77. The van der Waals surface area contributed by atoms with E-state index in [1.54, 1.807) is 29.2 Å². The zero-order valence-corrected chi connectivity index (χ0v) is 15.0. The van der Waals surface area contributed by atoms with Crippen LogP contribution in [0.4, 0.5) is 0 Å². The molecule has 1 aromatic heterocycles. The summed E-state index contributed by atoms with van der Waals surface area (Å²) in [6.45, 7) is 1.03. The largest absolute Gasteiger partial charge is 0.454 e. The van der Waals surface area contributed by atoms with E-state index in [4.69, 9.17) is 9.47 Å². The maximum absolute atomic E-state index is 12.7. The van der Waals surface area contributed by atoms with E-state index in [1.165, 1.54) is 0 Å². The van der Waals surface area contributed by atoms with Gasteiger partial charge in [-0.15, -0.1) is 0 Å². The van der Waals surface area contributed by atoms with E-state index in [9.17, 15) is 9.59 Å². The van der Waals surface area contributed by atoms with Crippen LogP contribution in [0.25, 0.3) is 11.3 Å². The van der Waals surface area contributed by atoms with Gasteiger partial charge in [0, 0.05) is 35.3 Å². The number of amides is 1. The molecule has 1 amide bonds. The number of H-pyrrole nitrogens is 1. The molecule has 3 heterocycles. The lowest BCUT2D eigenvalue weighted by atomic mass is 10.00. The van der Waals surface area contributed by atoms with Gasteiger partial charge in [0.1, 0.15) is 0 Å². The van der Waals surface area contributed by atoms with Crippen molar-refractivity contribution in [2.24, 2.45) is 0 Å². The Balaban J connectivity index is 1.42. The summed E-state index contributed by atoms with van der Waals surface area (Å²) in [5.74, 6) is 0.405. The lowest BCUT2D eigenvalue weighted by Crippen LogP contribution is -2.40. The third kappa shape index (κ3) is 2.72. The van der Waals surface area contributed by atoms with Crippen LogP contribution in [0.1, 0.15) is 21.6 Å². The first-order chi connectivity index (χ1) is 13.7. The minimum absolute atomic E-state index is 0.210. The van der Waals surface area contributed by atoms with Crippen LogP contribution >= 0.6 is 0 Å². The first kappa shape index (κ1) is 16.6. The second kappa shape index (κ2) is 6.53. The molecule has 140 valence electrons. The Morgan fingerprint density at radius 3 is 2.71 bits per heavy atom. The minimum Gasteiger partial charge on any atom is -0.454 e. The van der Waals surface area contributed by atoms with Gasteiger partial charge in [-0.05, 0) is 18.2 Å². The number of nitrogens with zero attached hydrogens (tertiary/aromatic N) is 2. The van der Waals surface area contributed by atoms with Crippen molar-refractivity contribution < 1.29 is 19.1 Å². The molecule has 7 nitrogen and oxygen atoms in total. The van der Waals surface area contributed by atoms with Crippen molar-refractivity contribution in [3.63, 3.8) is 0 Å². The van der Waals surface area contributed by atoms with Gasteiger partial charge in [0.25, 0.3) is 5.91 Å². The number of nitrogens with one attached hydrogen (secondary N) is 1. The molecule has 0 fully saturated rings. The number of ketones is 1. The maximum atomic E-state index is 12.7. The van der Waals surface area contributed by atoms with Crippen molar-refractivity contribution in [1.82, 2.24) is 15.1 Å². The van der Waals surface area contributed by atoms with Gasteiger partial charge in [0.05, 0.1) is 12.2 Å². The van der Waals surface area contributed by atoms with Crippen LogP contribution in [-0.2, 0) is 17.8 Å². The Morgan fingerprint density at radius 1 is 1.04 bits per heavy atom. The lowest BCUT2D eigenvalue weighted by molar-refractivity contribution is -0.127. The highest BCUT2D eigenvalue weighted by Crippen LogP contribution is 2.37. The normalized spacial score (nSPS) is 14.6. The van der Waals surface area contributed by atoms with E-state index in [0.717, 1.165) is 22.5 Å². The van der Waals surface area contributed by atoms with Crippen molar-refractivity contribution in [3.05, 3.63) is 65.4 Å². The van der Waals surface area contributed by atoms with Crippen LogP contribution in [0.5, 0.6) is 11.5 Å². The van der Waals surface area contributed by atoms with E-state index in [1.807, 2.05) is 24.3 Å². The number of Topliss-reactive ketones (excluding diaryl/α,β-unsaturated/α-hetero) is 1. The van der Waals surface area contributed by atoms with Crippen LogP contribution in [0.2, 0.25) is 0 Å². The lowest BCUT2D eigenvalue weighted by Gasteiger charge is -2.26. The third-order valence-electron chi connectivity index (χ3n) is 5.10. The molecule has 3 aromatic rings. The van der Waals surface area contributed by atoms with Crippen LogP contribution in [0, 0.1) is 0 Å². The molecule has 1 N–H and O–H groups in total. The molecule has 0 saturated heterocycles. The first-order valence-electron chi connectivity index (χ1n) is 9.05. The Hall–Kier alpha value is -3.61. The summed E-state index contributed by atoms with van der Waals surface area (Å²) in [5.41, 5.74) is 3.97. The second-order valence-corrected chi connectivity index (χ2v) is 6.77. The maximum Gasteiger partial charge on any atom is 0.295 e. The molecule has 2 aliphatic rings. The number of hydrogen-bond donors (Lipinski definition) is 1. The molecular weight excluding hydrogens is 358 g/mol. The summed E-state index contributed by atoms with van der Waals surface area (Å²) in [4.78, 5) is 26.9. The van der Waals surface area contributed by atoms with Gasteiger partial charge in [0.2, 0.25) is 12.6 Å². The van der Waals surface area contributed by atoms with Crippen molar-refractivity contribution in [3.8, 4) is 22.8 Å². The average Bonchev–Trinajstić information content (AvgIpc) is 3.39. The number of hydrogen-bond acceptors (Lipinski definition) is 5. The van der Waals surface area contributed by atoms with Crippen LogP contribution < -0.4 is 9.47 Å². The fourth-order valence-corrected chi connectivity index (χ4v) is 3.61. The van der Waals surface area contributed by atoms with Gasteiger partial charge >= 0.3 is 0 Å². The molecule has 0 bridgehead atoms. The monoisotopic (exact) mass is 375 g/mol. The number of rotatable bonds is 3. The molecule has 0 saturated carbocycles. The van der Waals surface area contributed by atoms with Crippen LogP contribution in [0.3, 0.4) is 0 Å². The average molecular weight is 375 g/mol. The van der Waals surface area contributed by atoms with Crippen LogP contribution in [0.15, 0.2) is 48.5 Å². The Labute approximate surface area is 160 Å². The van der Waals surface area contributed by atoms with Gasteiger partial charge in [0.15, 0.2) is 11.5 Å². The zero-order chi connectivity index (χ0) is 19.1. The van der Waals surface area contributed by atoms with E-state index in [0.29, 0.717) is 36.6 Å². The Morgan fingerprint density at radius 2 is 1.86 bits per heavy atom. The van der Waals surface area contributed by atoms with Crippen molar-refractivity contribution >= 4 is 11.7 Å². The summed E-state index contributed by atoms with van der Waals surface area (Å²) < 4.78 is 10.8. The summed E-state index contributed by atoms with van der Waals surface area (Å²) in [6.07, 6.45) is 0.626. The highest BCUT2D eigenvalue weighted by atomic mass is 16.7. The number of fused-ring (bicyclic) bond motifs is 2. The van der Waals surface area contributed by atoms with Gasteiger partial charge in [-0.3, -0.25) is 14.7 Å². The standard InChI is InChI=1S/C21H17N3O4/c25-20(13-4-2-1-3-5-13)21(26)24-9-8-16-15(11-24)19(23-22-16)14-6-7-17-18(10-14)28-12-27-17/h1-7,10H,8-9,11-12H2,(H,22,23). The molecule has 0 spiro atoms. The minimum atomic E-state index is -0.491. The number of carbonyl (C=O) groups excluding carboxylic acids is 2. The molecule has 28 heavy (non-hydrogen) atoms. The predicted molar refractivity (Wildman–Crippen MR) is 100 cm³/mol. The zero-order valence-electron chi connectivity index (χ0n) is 15.0. The van der Waals surface area contributed by atoms with E-state index in [2.05, 4.69) is 10.2 Å². The SMILES string of the molecule is O=C(C(=O)N1CCc2[nH]nc(-c3ccc4c(c3)OCO4)c2C1)c1ccccc1. The number of benzene rings is 2. The van der Waals surface area contributed by atoms with Gasteiger partial charge < -0.3 is 14.4 Å². The summed E-state index contributed by atoms with van der Waals surface area (Å²) in [6, 6.07) is 14.3. The molecule has 5 rings (SSSR count). The Kier molecular flexibility index (Phi) is 3.86. The van der Waals surface area contributed by atoms with Crippen molar-refractivity contribution in [1.29, 1.82) is 0 Å². The quantitative estimate of drug-likeness (QED) is 0.562. The molecule has 0 unspecified atom stereocenters. The predicted octanol–water partition coefficient (Wildman–Crippen LogP) is 2.57. The number of aromatic nitrogens is 2. The van der Waals surface area contributed by atoms with E-state index >= 15 is 0 Å². The fraction of sp³-hybridized carbons (Fsp3) is 0.190. The topological polar surface area (TPSA) is 84.5 Å². The third-order valence-corrected chi connectivity index (χ3v) is 5.10. The van der Waals surface area contributed by atoms with Crippen molar-refractivity contribution in [2.45, 2.75) is 13.0 Å². The number of ether oxygens (including phenoxy) is 2. The fourth-order valence-electron chi connectivity index (χ4n) is 3.61. The Bertz CT molecular complexity index is 1070. The summed E-state index contributed by atoms with van der Waals surface area (Å²) >= 11 is 0. The van der Waals surface area contributed by atoms with Gasteiger partial charge in [-0.25, -0.2) is 0 Å². The summed E-state index contributed by atoms with van der Waals surface area (Å²) in [7, 11) is 0. The van der Waals surface area contributed by atoms with E-state index in [-0.39, 0.29) is 6.79 Å². The molecule has 2 aliphatic heterocycles. The van der Waals surface area contributed by atoms with Gasteiger partial charge in [-0.1, -0.05) is 30.3 Å². The summed E-state index contributed by atoms with van der Waals surface area (Å²) in [5, 5.41) is 7.51. The molecule has 0 aliphatic carbocycles. The molecule has 2 aromatic carbocycles. The van der Waals surface area contributed by atoms with Crippen LogP contribution in [-0.4, -0.2) is 40.1 Å². The first-order valence-corrected chi connectivity index (χ1v) is 9.05. The molecular formula is C21H17N3O4. The number of carbonyl (C=O) groups is 2. The highest BCUT2D eigenvalue weighted by molar-refractivity contribution is 6.42.